The third kappa shape index (κ3) is 3.43. The molecule has 0 radical (unpaired) electrons. The number of nitrogens with one attached hydrogen (secondary N) is 1. The van der Waals surface area contributed by atoms with Crippen molar-refractivity contribution in [1.82, 2.24) is 10.3 Å². The van der Waals surface area contributed by atoms with Crippen molar-refractivity contribution in [3.63, 3.8) is 0 Å². The molecule has 0 saturated carbocycles. The van der Waals surface area contributed by atoms with Gasteiger partial charge in [0.05, 0.1) is 11.8 Å². The summed E-state index contributed by atoms with van der Waals surface area (Å²) in [7, 11) is 0. The number of carbonyl (C=O) groups excluding carboxylic acids is 1. The summed E-state index contributed by atoms with van der Waals surface area (Å²) in [5.41, 5.74) is 0.272. The summed E-state index contributed by atoms with van der Waals surface area (Å²) in [6.45, 7) is 2.33. The first kappa shape index (κ1) is 12.8. The van der Waals surface area contributed by atoms with Crippen molar-refractivity contribution in [2.45, 2.75) is 19.3 Å². The number of aromatic hydroxyl groups is 1. The van der Waals surface area contributed by atoms with Gasteiger partial charge in [-0.05, 0) is 31.2 Å². The average Bonchev–Trinajstić information content (AvgIpc) is 2.88. The van der Waals surface area contributed by atoms with E-state index in [0.29, 0.717) is 12.5 Å². The van der Waals surface area contributed by atoms with E-state index in [9.17, 15) is 9.90 Å². The minimum atomic E-state index is -0.252. The van der Waals surface area contributed by atoms with Crippen LogP contribution in [0.15, 0.2) is 18.5 Å². The van der Waals surface area contributed by atoms with Crippen molar-refractivity contribution in [2.75, 3.05) is 19.8 Å². The highest BCUT2D eigenvalue weighted by atomic mass is 16.5. The van der Waals surface area contributed by atoms with E-state index in [2.05, 4.69) is 10.3 Å². The summed E-state index contributed by atoms with van der Waals surface area (Å²) in [5.74, 6) is 0.299. The molecule has 1 amide bonds. The smallest absolute Gasteiger partial charge is 0.255 e. The second-order valence-corrected chi connectivity index (χ2v) is 4.52. The second-order valence-electron chi connectivity index (χ2n) is 4.52. The molecule has 0 spiro atoms. The Hall–Kier alpha value is -1.62. The van der Waals surface area contributed by atoms with Crippen molar-refractivity contribution < 1.29 is 14.6 Å². The van der Waals surface area contributed by atoms with Crippen molar-refractivity contribution in [3.8, 4) is 5.75 Å². The van der Waals surface area contributed by atoms with Gasteiger partial charge < -0.3 is 15.2 Å². The number of amides is 1. The fourth-order valence-corrected chi connectivity index (χ4v) is 2.08. The number of carbonyl (C=O) groups is 1. The van der Waals surface area contributed by atoms with Gasteiger partial charge in [-0.3, -0.25) is 9.78 Å². The van der Waals surface area contributed by atoms with Crippen LogP contribution in [-0.2, 0) is 4.74 Å². The minimum absolute atomic E-state index is 0.0841. The maximum atomic E-state index is 11.7. The Morgan fingerprint density at radius 1 is 1.61 bits per heavy atom. The zero-order chi connectivity index (χ0) is 12.8. The molecular weight excluding hydrogens is 232 g/mol. The Bertz CT molecular complexity index is 403. The van der Waals surface area contributed by atoms with Crippen LogP contribution in [0.1, 0.15) is 29.6 Å². The SMILES string of the molecule is O=C(NCCCC1CCOC1)c1ccncc1O. The fourth-order valence-electron chi connectivity index (χ4n) is 2.08. The number of nitrogens with zero attached hydrogens (tertiary/aromatic N) is 1. The summed E-state index contributed by atoms with van der Waals surface area (Å²) >= 11 is 0. The maximum absolute atomic E-state index is 11.7. The van der Waals surface area contributed by atoms with E-state index in [-0.39, 0.29) is 17.2 Å². The molecule has 5 nitrogen and oxygen atoms in total. The number of aromatic nitrogens is 1. The van der Waals surface area contributed by atoms with Crippen molar-refractivity contribution in [2.24, 2.45) is 5.92 Å². The summed E-state index contributed by atoms with van der Waals surface area (Å²) in [6, 6.07) is 1.51. The van der Waals surface area contributed by atoms with Gasteiger partial charge in [0.1, 0.15) is 5.75 Å². The average molecular weight is 250 g/mol. The highest BCUT2D eigenvalue weighted by Crippen LogP contribution is 2.17. The van der Waals surface area contributed by atoms with Crippen LogP contribution >= 0.6 is 0 Å². The van der Waals surface area contributed by atoms with Gasteiger partial charge in [0, 0.05) is 26.0 Å². The van der Waals surface area contributed by atoms with Gasteiger partial charge in [-0.1, -0.05) is 0 Å². The van der Waals surface area contributed by atoms with Gasteiger partial charge in [0.15, 0.2) is 0 Å². The van der Waals surface area contributed by atoms with Crippen LogP contribution in [0.3, 0.4) is 0 Å². The van der Waals surface area contributed by atoms with Gasteiger partial charge in [0.25, 0.3) is 5.91 Å². The van der Waals surface area contributed by atoms with Gasteiger partial charge in [-0.25, -0.2) is 0 Å². The Labute approximate surface area is 106 Å². The summed E-state index contributed by atoms with van der Waals surface area (Å²) in [6.07, 6.45) is 5.89. The number of hydrogen-bond donors (Lipinski definition) is 2. The molecular formula is C13H18N2O3. The molecule has 1 atom stereocenters. The van der Waals surface area contributed by atoms with Gasteiger partial charge in [-0.15, -0.1) is 0 Å². The molecule has 18 heavy (non-hydrogen) atoms. The van der Waals surface area contributed by atoms with E-state index in [1.807, 2.05) is 0 Å². The lowest BCUT2D eigenvalue weighted by Crippen LogP contribution is -2.25. The van der Waals surface area contributed by atoms with E-state index in [1.54, 1.807) is 0 Å². The van der Waals surface area contributed by atoms with E-state index in [4.69, 9.17) is 4.74 Å². The first-order valence-corrected chi connectivity index (χ1v) is 6.26. The van der Waals surface area contributed by atoms with Gasteiger partial charge in [-0.2, -0.15) is 0 Å². The standard InChI is InChI=1S/C13H18N2O3/c16-12-8-14-6-3-11(12)13(17)15-5-1-2-10-4-7-18-9-10/h3,6,8,10,16H,1-2,4-5,7,9H2,(H,15,17). The molecule has 1 saturated heterocycles. The van der Waals surface area contributed by atoms with Crippen LogP contribution in [0.5, 0.6) is 5.75 Å². The van der Waals surface area contributed by atoms with Crippen LogP contribution in [0, 0.1) is 5.92 Å². The molecule has 1 aromatic rings. The van der Waals surface area contributed by atoms with E-state index in [0.717, 1.165) is 32.5 Å². The van der Waals surface area contributed by atoms with Crippen LogP contribution in [-0.4, -0.2) is 35.8 Å². The number of rotatable bonds is 5. The van der Waals surface area contributed by atoms with Crippen LogP contribution in [0.25, 0.3) is 0 Å². The molecule has 98 valence electrons. The Morgan fingerprint density at radius 3 is 3.22 bits per heavy atom. The molecule has 0 aliphatic carbocycles. The molecule has 2 rings (SSSR count). The first-order chi connectivity index (χ1) is 8.77. The molecule has 1 aliphatic rings. The van der Waals surface area contributed by atoms with Gasteiger partial charge in [0.2, 0.25) is 0 Å². The molecule has 2 heterocycles. The lowest BCUT2D eigenvalue weighted by atomic mass is 10.0. The number of hydrogen-bond acceptors (Lipinski definition) is 4. The topological polar surface area (TPSA) is 71.5 Å². The summed E-state index contributed by atoms with van der Waals surface area (Å²) in [5, 5.41) is 12.3. The predicted molar refractivity (Wildman–Crippen MR) is 66.4 cm³/mol. The van der Waals surface area contributed by atoms with Crippen LogP contribution < -0.4 is 5.32 Å². The van der Waals surface area contributed by atoms with Crippen LogP contribution in [0.2, 0.25) is 0 Å². The molecule has 1 aliphatic heterocycles. The number of ether oxygens (including phenoxy) is 1. The molecule has 5 heteroatoms. The molecule has 1 aromatic heterocycles. The molecule has 0 aromatic carbocycles. The monoisotopic (exact) mass is 250 g/mol. The lowest BCUT2D eigenvalue weighted by molar-refractivity contribution is 0.0949. The van der Waals surface area contributed by atoms with E-state index < -0.39 is 0 Å². The lowest BCUT2D eigenvalue weighted by Gasteiger charge is -2.08. The highest BCUT2D eigenvalue weighted by molar-refractivity contribution is 5.96. The summed E-state index contributed by atoms with van der Waals surface area (Å²) < 4.78 is 5.29. The zero-order valence-corrected chi connectivity index (χ0v) is 10.3. The molecule has 1 unspecified atom stereocenters. The molecule has 0 bridgehead atoms. The third-order valence-electron chi connectivity index (χ3n) is 3.14. The Morgan fingerprint density at radius 2 is 2.50 bits per heavy atom. The normalized spacial score (nSPS) is 18.8. The molecule has 2 N–H and O–H groups in total. The second kappa shape index (κ2) is 6.35. The number of pyridine rings is 1. The van der Waals surface area contributed by atoms with Gasteiger partial charge >= 0.3 is 0 Å². The first-order valence-electron chi connectivity index (χ1n) is 6.26. The quantitative estimate of drug-likeness (QED) is 0.773. The Balaban J connectivity index is 1.70. The fraction of sp³-hybridized carbons (Fsp3) is 0.538. The highest BCUT2D eigenvalue weighted by Gasteiger charge is 2.15. The summed E-state index contributed by atoms with van der Waals surface area (Å²) in [4.78, 5) is 15.5. The Kier molecular flexibility index (Phi) is 4.52. The zero-order valence-electron chi connectivity index (χ0n) is 10.3. The van der Waals surface area contributed by atoms with E-state index >= 15 is 0 Å². The maximum Gasteiger partial charge on any atom is 0.255 e. The third-order valence-corrected chi connectivity index (χ3v) is 3.14. The van der Waals surface area contributed by atoms with Crippen molar-refractivity contribution in [1.29, 1.82) is 0 Å². The molecule has 1 fully saturated rings. The van der Waals surface area contributed by atoms with E-state index in [1.165, 1.54) is 18.5 Å². The largest absolute Gasteiger partial charge is 0.505 e. The predicted octanol–water partition coefficient (Wildman–Crippen LogP) is 1.33. The minimum Gasteiger partial charge on any atom is -0.505 e. The van der Waals surface area contributed by atoms with Crippen LogP contribution in [0.4, 0.5) is 0 Å². The van der Waals surface area contributed by atoms with Crippen molar-refractivity contribution in [3.05, 3.63) is 24.0 Å². The van der Waals surface area contributed by atoms with Crippen molar-refractivity contribution >= 4 is 5.91 Å².